The van der Waals surface area contributed by atoms with Gasteiger partial charge in [-0.05, 0) is 25.8 Å². The van der Waals surface area contributed by atoms with E-state index in [1.807, 2.05) is 24.8 Å². The molecule has 12 heteroatoms. The summed E-state index contributed by atoms with van der Waals surface area (Å²) in [5.41, 5.74) is 6.09. The Morgan fingerprint density at radius 2 is 2.06 bits per heavy atom. The largest absolute Gasteiger partial charge is 0.447 e. The number of hydrogen-bond donors (Lipinski definition) is 2. The number of rotatable bonds is 6. The molecule has 1 unspecified atom stereocenters. The van der Waals surface area contributed by atoms with Gasteiger partial charge in [0.05, 0.1) is 34.4 Å². The summed E-state index contributed by atoms with van der Waals surface area (Å²) >= 11 is 0. The second-order valence-corrected chi connectivity index (χ2v) is 9.72. The summed E-state index contributed by atoms with van der Waals surface area (Å²) < 4.78 is 30.6. The fourth-order valence-electron chi connectivity index (χ4n) is 3.55. The monoisotopic (exact) mass is 461 g/mol. The van der Waals surface area contributed by atoms with Gasteiger partial charge in [0.25, 0.3) is 0 Å². The molecule has 2 aromatic rings. The van der Waals surface area contributed by atoms with Crippen molar-refractivity contribution >= 4 is 34.2 Å². The van der Waals surface area contributed by atoms with E-state index in [2.05, 4.69) is 25.3 Å². The number of aromatic nitrogens is 4. The minimum atomic E-state index is -1.20. The van der Waals surface area contributed by atoms with E-state index < -0.39 is 28.2 Å². The first-order chi connectivity index (χ1) is 15.2. The van der Waals surface area contributed by atoms with Crippen LogP contribution < -0.4 is 16.0 Å². The number of ether oxygens (including phenoxy) is 1. The van der Waals surface area contributed by atoms with Crippen LogP contribution in [0.25, 0.3) is 5.57 Å². The predicted octanol–water partition coefficient (Wildman–Crippen LogP) is 1.65. The zero-order valence-corrected chi connectivity index (χ0v) is 18.6. The number of primary amides is 1. The van der Waals surface area contributed by atoms with Gasteiger partial charge in [0.1, 0.15) is 17.3 Å². The summed E-state index contributed by atoms with van der Waals surface area (Å²) in [6, 6.07) is 0. The molecule has 170 valence electrons. The lowest BCUT2D eigenvalue weighted by molar-refractivity contribution is 0.138. The Morgan fingerprint density at radius 1 is 1.31 bits per heavy atom. The molecule has 0 saturated heterocycles. The first kappa shape index (κ1) is 22.1. The van der Waals surface area contributed by atoms with Gasteiger partial charge in [0, 0.05) is 25.3 Å². The molecule has 0 bridgehead atoms. The lowest BCUT2D eigenvalue weighted by Crippen LogP contribution is -2.39. The molecule has 4 rings (SSSR count). The van der Waals surface area contributed by atoms with E-state index in [0.29, 0.717) is 54.2 Å². The molecule has 0 radical (unpaired) electrons. The Labute approximate surface area is 187 Å². The van der Waals surface area contributed by atoms with Crippen molar-refractivity contribution < 1.29 is 18.1 Å². The van der Waals surface area contributed by atoms with Crippen LogP contribution in [-0.4, -0.2) is 61.2 Å². The lowest BCUT2D eigenvalue weighted by Gasteiger charge is -2.29. The average Bonchev–Trinajstić information content (AvgIpc) is 3.14. The van der Waals surface area contributed by atoms with Crippen LogP contribution in [-0.2, 0) is 22.0 Å². The first-order valence-corrected chi connectivity index (χ1v) is 11.5. The van der Waals surface area contributed by atoms with Gasteiger partial charge in [-0.15, -0.1) is 0 Å². The van der Waals surface area contributed by atoms with Crippen LogP contribution in [0.15, 0.2) is 23.4 Å². The van der Waals surface area contributed by atoms with Crippen molar-refractivity contribution in [3.05, 3.63) is 35.8 Å². The van der Waals surface area contributed by atoms with Crippen molar-refractivity contribution in [3.63, 3.8) is 0 Å². The van der Waals surface area contributed by atoms with Crippen molar-refractivity contribution in [1.29, 1.82) is 0 Å². The van der Waals surface area contributed by atoms with Crippen LogP contribution >= 0.6 is 0 Å². The molecule has 1 amide bonds. The summed E-state index contributed by atoms with van der Waals surface area (Å²) in [4.78, 5) is 31.0. The van der Waals surface area contributed by atoms with Crippen molar-refractivity contribution in [2.75, 3.05) is 35.7 Å². The standard InChI is InChI=1S/C20H24FN7O3S/c1-20(2,11-31-18(22)29)27-17-15-14(5-8-32(15)30)25-19(26-17)28-6-3-12(4-7-28)16-23-9-13(21)10-24-16/h3,9-10H,4-8,11H2,1-2H3,(H2,22,29)(H,25,26,27). The van der Waals surface area contributed by atoms with Crippen LogP contribution in [0.2, 0.25) is 0 Å². The fourth-order valence-corrected chi connectivity index (χ4v) is 4.86. The molecule has 0 saturated carbocycles. The summed E-state index contributed by atoms with van der Waals surface area (Å²) in [5, 5.41) is 3.25. The molecule has 1 atom stereocenters. The van der Waals surface area contributed by atoms with Gasteiger partial charge in [-0.1, -0.05) is 6.08 Å². The molecule has 0 fully saturated rings. The summed E-state index contributed by atoms with van der Waals surface area (Å²) in [6.45, 7) is 4.85. The smallest absolute Gasteiger partial charge is 0.404 e. The van der Waals surface area contributed by atoms with E-state index in [1.54, 1.807) is 0 Å². The molecule has 2 aliphatic rings. The first-order valence-electron chi connectivity index (χ1n) is 10.1. The van der Waals surface area contributed by atoms with Gasteiger partial charge < -0.3 is 20.7 Å². The number of fused-ring (bicyclic) bond motifs is 1. The Bertz CT molecular complexity index is 1090. The second-order valence-electron chi connectivity index (χ2n) is 8.21. The van der Waals surface area contributed by atoms with Gasteiger partial charge in [0.15, 0.2) is 11.6 Å². The number of hydrogen-bond acceptors (Lipinski definition) is 9. The third kappa shape index (κ3) is 4.85. The third-order valence-corrected chi connectivity index (χ3v) is 6.57. The minimum absolute atomic E-state index is 0.0244. The molecule has 2 aliphatic heterocycles. The molecular weight excluding hydrogens is 437 g/mol. The Morgan fingerprint density at radius 3 is 2.72 bits per heavy atom. The Kier molecular flexibility index (Phi) is 6.04. The number of aryl methyl sites for hydroxylation is 1. The molecule has 0 spiro atoms. The number of halogens is 1. The maximum absolute atomic E-state index is 13.1. The van der Waals surface area contributed by atoms with E-state index in [4.69, 9.17) is 10.5 Å². The minimum Gasteiger partial charge on any atom is -0.447 e. The molecule has 10 nitrogen and oxygen atoms in total. The molecule has 32 heavy (non-hydrogen) atoms. The van der Waals surface area contributed by atoms with Gasteiger partial charge in [-0.25, -0.2) is 24.1 Å². The van der Waals surface area contributed by atoms with E-state index in [0.717, 1.165) is 23.7 Å². The highest BCUT2D eigenvalue weighted by Crippen LogP contribution is 2.32. The fraction of sp³-hybridized carbons (Fsp3) is 0.450. The van der Waals surface area contributed by atoms with Crippen LogP contribution in [0.5, 0.6) is 0 Å². The number of carbonyl (C=O) groups excluding carboxylic acids is 1. The van der Waals surface area contributed by atoms with Crippen molar-refractivity contribution in [2.24, 2.45) is 5.73 Å². The second kappa shape index (κ2) is 8.77. The van der Waals surface area contributed by atoms with E-state index in [9.17, 15) is 13.4 Å². The molecule has 0 aliphatic carbocycles. The lowest BCUT2D eigenvalue weighted by atomic mass is 10.1. The van der Waals surface area contributed by atoms with Gasteiger partial charge >= 0.3 is 6.09 Å². The number of carbonyl (C=O) groups is 1. The van der Waals surface area contributed by atoms with Gasteiger partial charge in [-0.2, -0.15) is 4.98 Å². The third-order valence-electron chi connectivity index (χ3n) is 5.11. The number of nitrogens with one attached hydrogen (secondary N) is 1. The maximum Gasteiger partial charge on any atom is 0.404 e. The summed E-state index contributed by atoms with van der Waals surface area (Å²) in [5.74, 6) is 1.52. The van der Waals surface area contributed by atoms with Crippen molar-refractivity contribution in [1.82, 2.24) is 19.9 Å². The molecule has 0 aromatic carbocycles. The Hall–Kier alpha value is -3.15. The summed E-state index contributed by atoms with van der Waals surface area (Å²) in [7, 11) is -1.20. The van der Waals surface area contributed by atoms with E-state index in [1.165, 1.54) is 0 Å². The highest BCUT2D eigenvalue weighted by Gasteiger charge is 2.31. The van der Waals surface area contributed by atoms with Gasteiger partial charge in [-0.3, -0.25) is 4.21 Å². The zero-order valence-electron chi connectivity index (χ0n) is 17.8. The van der Waals surface area contributed by atoms with Crippen molar-refractivity contribution in [2.45, 2.75) is 37.1 Å². The predicted molar refractivity (Wildman–Crippen MR) is 117 cm³/mol. The quantitative estimate of drug-likeness (QED) is 0.658. The molecule has 2 aromatic heterocycles. The normalized spacial score (nSPS) is 18.2. The van der Waals surface area contributed by atoms with Gasteiger partial charge in [0.2, 0.25) is 5.95 Å². The number of amides is 1. The highest BCUT2D eigenvalue weighted by atomic mass is 32.2. The number of anilines is 2. The maximum atomic E-state index is 13.1. The van der Waals surface area contributed by atoms with Crippen LogP contribution in [0, 0.1) is 5.82 Å². The molecule has 3 N–H and O–H groups in total. The highest BCUT2D eigenvalue weighted by molar-refractivity contribution is 7.85. The van der Waals surface area contributed by atoms with Crippen molar-refractivity contribution in [3.8, 4) is 0 Å². The molecular formula is C20H24FN7O3S. The zero-order chi connectivity index (χ0) is 22.9. The SMILES string of the molecule is CC(C)(COC(N)=O)Nc1nc(N2CC=C(c3ncc(F)cn3)CC2)nc2c1S(=O)CC2. The van der Waals surface area contributed by atoms with E-state index >= 15 is 0 Å². The van der Waals surface area contributed by atoms with Crippen LogP contribution in [0.1, 0.15) is 31.8 Å². The number of nitrogens with two attached hydrogens (primary N) is 1. The Balaban J connectivity index is 1.58. The summed E-state index contributed by atoms with van der Waals surface area (Å²) in [6.07, 6.45) is 4.67. The number of nitrogens with zero attached hydrogens (tertiary/aromatic N) is 5. The average molecular weight is 462 g/mol. The topological polar surface area (TPSA) is 136 Å². The van der Waals surface area contributed by atoms with E-state index in [-0.39, 0.29) is 6.61 Å². The van der Waals surface area contributed by atoms with Crippen LogP contribution in [0.3, 0.4) is 0 Å². The van der Waals surface area contributed by atoms with Crippen LogP contribution in [0.4, 0.5) is 21.0 Å². The molecule has 4 heterocycles.